The summed E-state index contributed by atoms with van der Waals surface area (Å²) in [7, 11) is -6.20. The Kier molecular flexibility index (Phi) is 17.9. The summed E-state index contributed by atoms with van der Waals surface area (Å²) in [5.74, 6) is -6.61. The maximum atomic E-state index is 15.5. The molecule has 0 radical (unpaired) electrons. The summed E-state index contributed by atoms with van der Waals surface area (Å²) in [6.07, 6.45) is -12.4. The third-order valence-corrected chi connectivity index (χ3v) is 16.7. The summed E-state index contributed by atoms with van der Waals surface area (Å²) in [5, 5.41) is 0. The van der Waals surface area contributed by atoms with Crippen molar-refractivity contribution in [3.05, 3.63) is 219 Å². The van der Waals surface area contributed by atoms with Gasteiger partial charge >= 0.3 is 23.0 Å². The molecule has 0 saturated carbocycles. The summed E-state index contributed by atoms with van der Waals surface area (Å²) < 4.78 is 179. The smallest absolute Gasteiger partial charge is 0.425 e. The van der Waals surface area contributed by atoms with E-state index in [0.29, 0.717) is 34.9 Å². The molecule has 0 fully saturated rings. The number of aryl methyl sites for hydroxylation is 1. The van der Waals surface area contributed by atoms with E-state index in [0.717, 1.165) is 32.9 Å². The third-order valence-electron chi connectivity index (χ3n) is 15.9. The molecule has 8 aromatic rings. The third kappa shape index (κ3) is 12.5. The highest BCUT2D eigenvalue weighted by Crippen LogP contribution is 2.58. The number of hydrogen-bond donors (Lipinski definition) is 1. The lowest BCUT2D eigenvalue weighted by molar-refractivity contribution is -0.288. The van der Waals surface area contributed by atoms with Gasteiger partial charge in [0.2, 0.25) is 5.41 Å². The van der Waals surface area contributed by atoms with Crippen molar-refractivity contribution in [2.24, 2.45) is 0 Å². The number of carbonyl (C=O) groups is 8. The fourth-order valence-electron chi connectivity index (χ4n) is 11.3. The molecule has 0 spiro atoms. The summed E-state index contributed by atoms with van der Waals surface area (Å²) in [6, 6.07) is 32.1. The van der Waals surface area contributed by atoms with Crippen LogP contribution in [0, 0.1) is 6.92 Å². The normalized spacial score (nSPS) is 14.3. The molecule has 31 heteroatoms. The topological polar surface area (TPSA) is 301 Å². The van der Waals surface area contributed by atoms with Crippen LogP contribution in [0.25, 0.3) is 0 Å². The predicted octanol–water partition coefficient (Wildman–Crippen LogP) is 11.9. The molecular weight excluding hydrogens is 1340 g/mol. The molecule has 4 aliphatic heterocycles. The average Bonchev–Trinajstić information content (AvgIpc) is 1.27. The van der Waals surface area contributed by atoms with Gasteiger partial charge in [0.1, 0.15) is 46.0 Å². The second-order valence-corrected chi connectivity index (χ2v) is 24.1. The molecule has 0 atom stereocenters. The number of fused-ring (bicyclic) bond motifs is 4. The highest BCUT2D eigenvalue weighted by atomic mass is 32.2. The summed E-state index contributed by atoms with van der Waals surface area (Å²) >= 11 is 0. The molecule has 502 valence electrons. The Morgan fingerprint density at radius 3 is 1.18 bits per heavy atom. The van der Waals surface area contributed by atoms with Crippen molar-refractivity contribution in [3.63, 3.8) is 0 Å². The molecule has 0 saturated heterocycles. The Morgan fingerprint density at radius 1 is 0.429 bits per heavy atom. The molecule has 0 aliphatic carbocycles. The second-order valence-electron chi connectivity index (χ2n) is 22.1. The van der Waals surface area contributed by atoms with Crippen LogP contribution in [0.1, 0.15) is 119 Å². The first-order valence-corrected chi connectivity index (χ1v) is 31.6. The van der Waals surface area contributed by atoms with Gasteiger partial charge in [-0.3, -0.25) is 47.8 Å². The molecule has 12 rings (SSSR count). The van der Waals surface area contributed by atoms with E-state index in [2.05, 4.69) is 0 Å². The van der Waals surface area contributed by atoms with Crippen LogP contribution in [0.4, 0.5) is 43.4 Å². The van der Waals surface area contributed by atoms with Gasteiger partial charge in [0, 0.05) is 7.05 Å². The first kappa shape index (κ1) is 67.8. The first-order valence-electron chi connectivity index (χ1n) is 29.0. The lowest BCUT2D eigenvalue weighted by Crippen LogP contribution is -2.54. The van der Waals surface area contributed by atoms with E-state index < -0.39 is 126 Å². The van der Waals surface area contributed by atoms with Gasteiger partial charge in [0.05, 0.1) is 80.5 Å². The quantitative estimate of drug-likeness (QED) is 0.0340. The zero-order valence-electron chi connectivity index (χ0n) is 50.7. The zero-order valence-corrected chi connectivity index (χ0v) is 52.3. The SMILES string of the molecule is CCCOc1cc(C(c2ccc(C)c(OCCCS(=O)(=O)O)c2)(C(F)(F)F)C(F)(F)F)ccc1N1C(=O)c2ccc(Oc3ccc4c(c3)C(=O)N(c3ccc(Oc5ccc(N6C(=O)c7ccc(Oc8ccc9c(c8)C(=O)N(C)C9=O)cc7C6=O)cc5)cc3)C4=O)cc2C1=O.O=S(=O)=O. The Bertz CT molecular complexity index is 4950. The minimum absolute atomic E-state index is 0.00110. The van der Waals surface area contributed by atoms with Gasteiger partial charge in [-0.2, -0.15) is 34.8 Å². The molecule has 8 aromatic carbocycles. The predicted molar refractivity (Wildman–Crippen MR) is 331 cm³/mol. The largest absolute Gasteiger partial charge is 0.493 e. The van der Waals surface area contributed by atoms with E-state index in [1.807, 2.05) is 0 Å². The maximum absolute atomic E-state index is 15.5. The van der Waals surface area contributed by atoms with E-state index >= 15 is 26.3 Å². The van der Waals surface area contributed by atoms with E-state index in [4.69, 9.17) is 40.9 Å². The van der Waals surface area contributed by atoms with Crippen LogP contribution in [0.5, 0.6) is 46.0 Å². The van der Waals surface area contributed by atoms with Gasteiger partial charge in [-0.05, 0) is 176 Å². The number of ether oxygens (including phenoxy) is 5. The molecule has 23 nitrogen and oxygen atoms in total. The van der Waals surface area contributed by atoms with E-state index in [1.165, 1.54) is 129 Å². The zero-order chi connectivity index (χ0) is 70.7. The number of halogens is 6. The summed E-state index contributed by atoms with van der Waals surface area (Å²) in [5.41, 5.74) is -7.49. The highest BCUT2D eigenvalue weighted by molar-refractivity contribution is 7.85. The second kappa shape index (κ2) is 25.9. The van der Waals surface area contributed by atoms with Crippen molar-refractivity contribution in [3.8, 4) is 46.0 Å². The fraction of sp³-hybridized carbons (Fsp3) is 0.164. The van der Waals surface area contributed by atoms with Crippen LogP contribution in [0.3, 0.4) is 0 Å². The number of anilines is 3. The molecule has 98 heavy (non-hydrogen) atoms. The van der Waals surface area contributed by atoms with Crippen LogP contribution in [0.2, 0.25) is 0 Å². The Hall–Kier alpha value is -11.6. The van der Waals surface area contributed by atoms with Gasteiger partial charge in [0.15, 0.2) is 0 Å². The average molecular weight is 1390 g/mol. The number of nitrogens with zero attached hydrogens (tertiary/aromatic N) is 4. The minimum atomic E-state index is -6.11. The number of amides is 8. The van der Waals surface area contributed by atoms with Gasteiger partial charge in [-0.15, -0.1) is 12.6 Å². The lowest BCUT2D eigenvalue weighted by atomic mass is 9.72. The van der Waals surface area contributed by atoms with Crippen molar-refractivity contribution in [1.82, 2.24) is 4.90 Å². The molecule has 8 amide bonds. The van der Waals surface area contributed by atoms with Gasteiger partial charge in [0.25, 0.3) is 57.4 Å². The van der Waals surface area contributed by atoms with Crippen molar-refractivity contribution in [2.75, 3.05) is 40.7 Å². The van der Waals surface area contributed by atoms with Gasteiger partial charge < -0.3 is 23.7 Å². The fourth-order valence-corrected chi connectivity index (χ4v) is 11.8. The molecule has 1 N–H and O–H groups in total. The lowest BCUT2D eigenvalue weighted by Gasteiger charge is -2.39. The highest BCUT2D eigenvalue weighted by Gasteiger charge is 2.73. The van der Waals surface area contributed by atoms with Crippen LogP contribution < -0.4 is 38.4 Å². The van der Waals surface area contributed by atoms with Crippen molar-refractivity contribution < 1.29 is 114 Å². The molecule has 0 aromatic heterocycles. The molecule has 0 bridgehead atoms. The van der Waals surface area contributed by atoms with E-state index in [9.17, 15) is 46.8 Å². The number of benzene rings is 8. The van der Waals surface area contributed by atoms with Crippen LogP contribution in [-0.4, -0.2) is 116 Å². The Labute approximate surface area is 551 Å². The Balaban J connectivity index is 0.00000237. The molecular formula is C67H46F6N4O19S2. The van der Waals surface area contributed by atoms with Gasteiger partial charge in [-0.25, -0.2) is 14.7 Å². The number of imide groups is 4. The number of carbonyl (C=O) groups excluding carboxylic acids is 8. The number of hydrogen-bond acceptors (Lipinski definition) is 18. The van der Waals surface area contributed by atoms with Crippen molar-refractivity contribution >= 4 is 85.0 Å². The summed E-state index contributed by atoms with van der Waals surface area (Å²) in [4.78, 5) is 111. The van der Waals surface area contributed by atoms with Crippen LogP contribution >= 0.6 is 0 Å². The van der Waals surface area contributed by atoms with Gasteiger partial charge in [-0.1, -0.05) is 25.1 Å². The number of alkyl halides is 6. The van der Waals surface area contributed by atoms with Crippen LogP contribution in [-0.2, 0) is 26.1 Å². The minimum Gasteiger partial charge on any atom is -0.493 e. The number of rotatable bonds is 19. The monoisotopic (exact) mass is 1390 g/mol. The van der Waals surface area contributed by atoms with E-state index in [-0.39, 0.29) is 110 Å². The molecule has 0 unspecified atom stereocenters. The Morgan fingerprint density at radius 2 is 0.765 bits per heavy atom. The molecule has 4 heterocycles. The van der Waals surface area contributed by atoms with Crippen LogP contribution in [0.15, 0.2) is 158 Å². The van der Waals surface area contributed by atoms with Crippen molar-refractivity contribution in [2.45, 2.75) is 44.5 Å². The van der Waals surface area contributed by atoms with E-state index in [1.54, 1.807) is 6.92 Å². The maximum Gasteiger partial charge on any atom is 0.425 e. The molecule has 4 aliphatic rings. The first-order chi connectivity index (χ1) is 46.3. The van der Waals surface area contributed by atoms with Crippen molar-refractivity contribution in [1.29, 1.82) is 0 Å². The summed E-state index contributed by atoms with van der Waals surface area (Å²) in [6.45, 7) is 2.14. The standard InChI is InChI=1S/C67H46F6N4O16S.O3S/c1-4-26-89-56-30-37(65(66(68,69)70,67(71,72)73)36-7-6-35(2)55(29-36)90-27-5-28-94(86,87)88)8-25-54(56)77-61(82)49-24-20-45(34-53(49)64(77)85)93-44-19-23-48-52(33-44)63(84)76(60(48)81)39-11-15-41(16-12-39)91-40-13-9-38(10-14-40)75-59(80)47-22-18-43(32-51(47)62(75)83)92-42-17-21-46-50(31-42)58(79)74(3)57(46)78;1-4(2)3/h6-25,29-34H,4-5,26-28H2,1-3H3,(H,86,87,88);.